The van der Waals surface area contributed by atoms with Gasteiger partial charge in [-0.3, -0.25) is 14.6 Å². The zero-order chi connectivity index (χ0) is 34.1. The van der Waals surface area contributed by atoms with Gasteiger partial charge in [0.25, 0.3) is 0 Å². The fourth-order valence-electron chi connectivity index (χ4n) is 7.14. The van der Waals surface area contributed by atoms with Crippen LogP contribution in [0.3, 0.4) is 0 Å². The second-order valence-corrected chi connectivity index (χ2v) is 13.4. The number of benzene rings is 2. The number of carbonyl (C=O) groups is 2. The Kier molecular flexibility index (Phi) is 9.95. The fraction of sp³-hybridized carbons (Fsp3) is 0.472. The molecule has 0 saturated carbocycles. The molecule has 0 spiro atoms. The van der Waals surface area contributed by atoms with Crippen LogP contribution in [-0.4, -0.2) is 113 Å². The summed E-state index contributed by atoms with van der Waals surface area (Å²) in [5.41, 5.74) is 3.44. The lowest BCUT2D eigenvalue weighted by Gasteiger charge is -2.48. The van der Waals surface area contributed by atoms with Crippen LogP contribution in [0.2, 0.25) is 0 Å². The first kappa shape index (κ1) is 33.8. The van der Waals surface area contributed by atoms with Gasteiger partial charge in [0, 0.05) is 49.4 Å². The standard InChI is InChI=1S/C36H43F2N5O5/c1-22-15-40(31(17-42(22)36(45)46)16-41-23(2)19-47-20-24(41)3)18-33(44)43-25(4)21-48-35-32(43)14-28(13-26-5-9-29(37)10-6-26)34(39-35)27-7-11-30(38)12-8-27/h5-12,14,22-25,31H,13,15-21H2,1-4H3,(H,45,46)/t22-,23-,24-,25?,31+/m1/s1. The van der Waals surface area contributed by atoms with E-state index >= 15 is 0 Å². The van der Waals surface area contributed by atoms with Crippen molar-refractivity contribution < 1.29 is 33.0 Å². The van der Waals surface area contributed by atoms with Crippen molar-refractivity contribution in [1.29, 1.82) is 0 Å². The number of nitrogens with zero attached hydrogens (tertiary/aromatic N) is 5. The number of rotatable bonds is 7. The first-order valence-electron chi connectivity index (χ1n) is 16.5. The highest BCUT2D eigenvalue weighted by atomic mass is 19.1. The van der Waals surface area contributed by atoms with Crippen molar-refractivity contribution in [3.05, 3.63) is 77.4 Å². The van der Waals surface area contributed by atoms with E-state index in [1.54, 1.807) is 29.2 Å². The predicted molar refractivity (Wildman–Crippen MR) is 177 cm³/mol. The van der Waals surface area contributed by atoms with Crippen LogP contribution in [0.4, 0.5) is 19.3 Å². The zero-order valence-corrected chi connectivity index (χ0v) is 27.8. The molecule has 1 unspecified atom stereocenters. The predicted octanol–water partition coefficient (Wildman–Crippen LogP) is 4.89. The molecule has 4 heterocycles. The van der Waals surface area contributed by atoms with Crippen LogP contribution in [-0.2, 0) is 16.0 Å². The number of carboxylic acid groups (broad SMARTS) is 1. The van der Waals surface area contributed by atoms with Crippen molar-refractivity contribution >= 4 is 17.7 Å². The summed E-state index contributed by atoms with van der Waals surface area (Å²) in [5, 5.41) is 9.96. The van der Waals surface area contributed by atoms with E-state index in [9.17, 15) is 23.5 Å². The van der Waals surface area contributed by atoms with Crippen LogP contribution < -0.4 is 9.64 Å². The number of fused-ring (bicyclic) bond motifs is 1. The Morgan fingerprint density at radius 3 is 2.17 bits per heavy atom. The molecule has 2 aromatic carbocycles. The molecule has 2 saturated heterocycles. The van der Waals surface area contributed by atoms with E-state index in [0.717, 1.165) is 11.1 Å². The van der Waals surface area contributed by atoms with Gasteiger partial charge < -0.3 is 24.4 Å². The molecule has 6 rings (SSSR count). The van der Waals surface area contributed by atoms with E-state index in [4.69, 9.17) is 14.5 Å². The first-order chi connectivity index (χ1) is 23.0. The van der Waals surface area contributed by atoms with Crippen LogP contribution >= 0.6 is 0 Å². The molecule has 3 aromatic rings. The van der Waals surface area contributed by atoms with E-state index in [0.29, 0.717) is 62.1 Å². The van der Waals surface area contributed by atoms with Crippen LogP contribution in [0.25, 0.3) is 11.3 Å². The van der Waals surface area contributed by atoms with Gasteiger partial charge in [-0.2, -0.15) is 0 Å². The van der Waals surface area contributed by atoms with Crippen molar-refractivity contribution in [3.8, 4) is 17.1 Å². The molecule has 2 fully saturated rings. The number of amides is 2. The van der Waals surface area contributed by atoms with E-state index in [1.807, 2.05) is 19.9 Å². The summed E-state index contributed by atoms with van der Waals surface area (Å²) in [5.74, 6) is -0.539. The molecule has 48 heavy (non-hydrogen) atoms. The molecule has 1 N–H and O–H groups in total. The van der Waals surface area contributed by atoms with Gasteiger partial charge in [0.1, 0.15) is 23.9 Å². The Balaban J connectivity index is 1.32. The number of halogens is 2. The molecule has 0 aliphatic carbocycles. The minimum Gasteiger partial charge on any atom is -0.474 e. The second-order valence-electron chi connectivity index (χ2n) is 13.4. The number of hydrogen-bond donors (Lipinski definition) is 1. The van der Waals surface area contributed by atoms with E-state index in [-0.39, 0.29) is 60.9 Å². The van der Waals surface area contributed by atoms with E-state index in [1.165, 1.54) is 29.2 Å². The molecule has 256 valence electrons. The number of hydrogen-bond acceptors (Lipinski definition) is 7. The average Bonchev–Trinajstić information content (AvgIpc) is 3.04. The summed E-state index contributed by atoms with van der Waals surface area (Å²) >= 11 is 0. The molecule has 0 bridgehead atoms. The average molecular weight is 664 g/mol. The highest BCUT2D eigenvalue weighted by molar-refractivity contribution is 5.97. The summed E-state index contributed by atoms with van der Waals surface area (Å²) in [6.07, 6.45) is -0.565. The quantitative estimate of drug-likeness (QED) is 0.382. The lowest BCUT2D eigenvalue weighted by atomic mass is 9.98. The van der Waals surface area contributed by atoms with Crippen LogP contribution in [0, 0.1) is 11.6 Å². The largest absolute Gasteiger partial charge is 0.474 e. The number of anilines is 1. The number of aromatic nitrogens is 1. The SMILES string of the molecule is CC1COc2nc(-c3ccc(F)cc3)c(Cc3ccc(F)cc3)cc2N1C(=O)CN1C[C@@H](C)N(C(=O)O)C[C@@H]1CN1[C@H](C)COC[C@H]1C. The summed E-state index contributed by atoms with van der Waals surface area (Å²) in [7, 11) is 0. The van der Waals surface area contributed by atoms with Crippen LogP contribution in [0.15, 0.2) is 54.6 Å². The summed E-state index contributed by atoms with van der Waals surface area (Å²) in [6, 6.07) is 13.7. The minimum absolute atomic E-state index is 0.0896. The molecule has 0 radical (unpaired) electrons. The molecule has 5 atom stereocenters. The van der Waals surface area contributed by atoms with Crippen LogP contribution in [0.1, 0.15) is 38.8 Å². The maximum absolute atomic E-state index is 14.4. The zero-order valence-electron chi connectivity index (χ0n) is 27.8. The summed E-state index contributed by atoms with van der Waals surface area (Å²) in [6.45, 7) is 10.9. The van der Waals surface area contributed by atoms with Crippen molar-refractivity contribution in [2.45, 2.75) is 64.3 Å². The normalized spacial score (nSPS) is 25.0. The summed E-state index contributed by atoms with van der Waals surface area (Å²) < 4.78 is 39.4. The molecule has 12 heteroatoms. The third-order valence-corrected chi connectivity index (χ3v) is 9.71. The minimum atomic E-state index is -0.964. The molecule has 3 aliphatic heterocycles. The number of pyridine rings is 1. The van der Waals surface area contributed by atoms with Gasteiger partial charge in [-0.15, -0.1) is 0 Å². The topological polar surface area (TPSA) is 98.7 Å². The monoisotopic (exact) mass is 663 g/mol. The van der Waals surface area contributed by atoms with Crippen molar-refractivity contribution in [1.82, 2.24) is 19.7 Å². The van der Waals surface area contributed by atoms with Crippen molar-refractivity contribution in [2.24, 2.45) is 0 Å². The van der Waals surface area contributed by atoms with Gasteiger partial charge >= 0.3 is 6.09 Å². The molecule has 10 nitrogen and oxygen atoms in total. The summed E-state index contributed by atoms with van der Waals surface area (Å²) in [4.78, 5) is 39.1. The Morgan fingerprint density at radius 1 is 0.875 bits per heavy atom. The number of morpholine rings is 1. The molecule has 2 amide bonds. The van der Waals surface area contributed by atoms with E-state index < -0.39 is 6.09 Å². The van der Waals surface area contributed by atoms with Gasteiger partial charge in [0.15, 0.2) is 0 Å². The van der Waals surface area contributed by atoms with Crippen LogP contribution in [0.5, 0.6) is 5.88 Å². The lowest BCUT2D eigenvalue weighted by Crippen LogP contribution is -2.65. The molecular weight excluding hydrogens is 620 g/mol. The molecule has 3 aliphatic rings. The number of piperazine rings is 1. The Hall–Kier alpha value is -4.13. The van der Waals surface area contributed by atoms with E-state index in [2.05, 4.69) is 23.6 Å². The highest BCUT2D eigenvalue weighted by Crippen LogP contribution is 2.38. The second kappa shape index (κ2) is 14.2. The van der Waals surface area contributed by atoms with Gasteiger partial charge in [-0.25, -0.2) is 18.6 Å². The smallest absolute Gasteiger partial charge is 0.407 e. The van der Waals surface area contributed by atoms with Gasteiger partial charge in [0.2, 0.25) is 11.8 Å². The highest BCUT2D eigenvalue weighted by Gasteiger charge is 2.40. The van der Waals surface area contributed by atoms with Crippen molar-refractivity contribution in [3.63, 3.8) is 0 Å². The lowest BCUT2D eigenvalue weighted by molar-refractivity contribution is -0.122. The van der Waals surface area contributed by atoms with Crippen molar-refractivity contribution in [2.75, 3.05) is 50.9 Å². The third-order valence-electron chi connectivity index (χ3n) is 9.71. The maximum Gasteiger partial charge on any atom is 0.407 e. The molecular formula is C36H43F2N5O5. The van der Waals surface area contributed by atoms with Gasteiger partial charge in [-0.1, -0.05) is 12.1 Å². The Bertz CT molecular complexity index is 1610. The van der Waals surface area contributed by atoms with Gasteiger partial charge in [-0.05, 0) is 87.7 Å². The maximum atomic E-state index is 14.4. The van der Waals surface area contributed by atoms with Gasteiger partial charge in [0.05, 0.1) is 31.5 Å². The Labute approximate surface area is 279 Å². The Morgan fingerprint density at radius 2 is 1.52 bits per heavy atom. The third kappa shape index (κ3) is 7.15. The number of ether oxygens (including phenoxy) is 2. The first-order valence-corrected chi connectivity index (χ1v) is 16.5. The number of carbonyl (C=O) groups excluding carboxylic acids is 1. The fourth-order valence-corrected chi connectivity index (χ4v) is 7.14. The molecule has 1 aromatic heterocycles.